The van der Waals surface area contributed by atoms with Crippen molar-refractivity contribution in [3.05, 3.63) is 70.8 Å². The van der Waals surface area contributed by atoms with Crippen LogP contribution in [0.5, 0.6) is 0 Å². The summed E-state index contributed by atoms with van der Waals surface area (Å²) in [5.41, 5.74) is -0.408. The Morgan fingerprint density at radius 1 is 0.892 bits per heavy atom. The highest BCUT2D eigenvalue weighted by molar-refractivity contribution is 6.32. The third-order valence-corrected chi connectivity index (χ3v) is 8.89. The summed E-state index contributed by atoms with van der Waals surface area (Å²) in [4.78, 5) is 44.0. The molecule has 37 heavy (non-hydrogen) atoms. The minimum absolute atomic E-state index is 0.138. The number of Topliss-reactive ketones (excluding diaryl/α,β-unsaturated/α-hetero) is 3. The van der Waals surface area contributed by atoms with E-state index in [0.717, 1.165) is 16.7 Å². The highest BCUT2D eigenvalue weighted by atomic mass is 16.3. The molecule has 2 aliphatic rings. The molecule has 0 spiro atoms. The molecule has 2 saturated carbocycles. The number of hydrogen-bond donors (Lipinski definition) is 1. The lowest BCUT2D eigenvalue weighted by atomic mass is 9.37. The van der Waals surface area contributed by atoms with Gasteiger partial charge in [0.2, 0.25) is 0 Å². The van der Waals surface area contributed by atoms with Gasteiger partial charge in [-0.3, -0.25) is 14.4 Å². The van der Waals surface area contributed by atoms with Gasteiger partial charge in [-0.25, -0.2) is 0 Å². The number of hydrogen-bond acceptors (Lipinski definition) is 4. The molecule has 0 heterocycles. The number of benzene rings is 1. The van der Waals surface area contributed by atoms with Crippen LogP contribution in [-0.2, 0) is 9.59 Å². The molecule has 0 amide bonds. The van der Waals surface area contributed by atoms with Gasteiger partial charge in [0.1, 0.15) is 0 Å². The van der Waals surface area contributed by atoms with Crippen molar-refractivity contribution in [1.29, 1.82) is 0 Å². The van der Waals surface area contributed by atoms with Crippen molar-refractivity contribution in [3.63, 3.8) is 0 Å². The number of carbonyl (C=O) groups excluding carboxylic acids is 3. The van der Waals surface area contributed by atoms with E-state index < -0.39 is 45.6 Å². The van der Waals surface area contributed by atoms with Crippen molar-refractivity contribution in [2.75, 3.05) is 0 Å². The lowest BCUT2D eigenvalue weighted by Crippen LogP contribution is -2.74. The van der Waals surface area contributed by atoms with Crippen molar-refractivity contribution < 1.29 is 19.5 Å². The van der Waals surface area contributed by atoms with Gasteiger partial charge in [0.25, 0.3) is 0 Å². The number of rotatable bonds is 8. The van der Waals surface area contributed by atoms with Crippen LogP contribution >= 0.6 is 0 Å². The molecule has 2 aliphatic carbocycles. The molecule has 0 saturated heterocycles. The molecule has 1 N–H and O–H groups in total. The van der Waals surface area contributed by atoms with Crippen LogP contribution in [0.25, 0.3) is 0 Å². The Labute approximate surface area is 222 Å². The summed E-state index contributed by atoms with van der Waals surface area (Å²) in [5, 5.41) is 11.9. The molecule has 1 unspecified atom stereocenters. The molecule has 0 radical (unpaired) electrons. The molecule has 3 rings (SSSR count). The molecule has 4 heteroatoms. The Morgan fingerprint density at radius 2 is 1.43 bits per heavy atom. The quantitative estimate of drug-likeness (QED) is 0.233. The fraction of sp³-hybridized carbons (Fsp3) is 0.545. The van der Waals surface area contributed by atoms with Crippen molar-refractivity contribution in [1.82, 2.24) is 0 Å². The zero-order chi connectivity index (χ0) is 27.8. The van der Waals surface area contributed by atoms with Crippen LogP contribution in [0.1, 0.15) is 91.4 Å². The second kappa shape index (κ2) is 10.6. The van der Waals surface area contributed by atoms with Crippen LogP contribution in [-0.4, -0.2) is 28.6 Å². The summed E-state index contributed by atoms with van der Waals surface area (Å²) in [7, 11) is 0. The van der Waals surface area contributed by atoms with Gasteiger partial charge in [-0.1, -0.05) is 79.1 Å². The number of carbonyl (C=O) groups is 3. The zero-order valence-corrected chi connectivity index (χ0v) is 23.9. The van der Waals surface area contributed by atoms with Crippen molar-refractivity contribution >= 4 is 17.3 Å². The molecule has 1 aromatic carbocycles. The van der Waals surface area contributed by atoms with Gasteiger partial charge in [0.15, 0.2) is 22.8 Å². The van der Waals surface area contributed by atoms with E-state index in [0.29, 0.717) is 31.2 Å². The first-order chi connectivity index (χ1) is 17.2. The molecule has 200 valence electrons. The average Bonchev–Trinajstić information content (AvgIpc) is 2.82. The fourth-order valence-electron chi connectivity index (χ4n) is 6.60. The highest BCUT2D eigenvalue weighted by Gasteiger charge is 2.76. The van der Waals surface area contributed by atoms with E-state index in [9.17, 15) is 19.5 Å². The van der Waals surface area contributed by atoms with Crippen molar-refractivity contribution in [2.24, 2.45) is 28.1 Å². The molecule has 0 aromatic heterocycles. The van der Waals surface area contributed by atoms with Gasteiger partial charge < -0.3 is 5.11 Å². The second-order valence-electron chi connectivity index (χ2n) is 12.5. The maximum atomic E-state index is 14.8. The Hall–Kier alpha value is -2.59. The topological polar surface area (TPSA) is 71.4 Å². The first kappa shape index (κ1) is 29.0. The number of aliphatic hydroxyl groups excluding tert-OH is 1. The molecule has 2 fully saturated rings. The monoisotopic (exact) mass is 504 g/mol. The third-order valence-electron chi connectivity index (χ3n) is 8.89. The van der Waals surface area contributed by atoms with Crippen LogP contribution in [0.2, 0.25) is 0 Å². The summed E-state index contributed by atoms with van der Waals surface area (Å²) in [6.45, 7) is 15.8. The molecule has 4 nitrogen and oxygen atoms in total. The largest absolute Gasteiger partial charge is 0.391 e. The molecule has 2 bridgehead atoms. The van der Waals surface area contributed by atoms with Gasteiger partial charge in [-0.15, -0.1) is 0 Å². The summed E-state index contributed by atoms with van der Waals surface area (Å²) < 4.78 is 0. The second-order valence-corrected chi connectivity index (χ2v) is 12.5. The van der Waals surface area contributed by atoms with Gasteiger partial charge in [0.05, 0.1) is 11.5 Å². The van der Waals surface area contributed by atoms with E-state index in [4.69, 9.17) is 0 Å². The summed E-state index contributed by atoms with van der Waals surface area (Å²) in [5.74, 6) is -2.20. The third kappa shape index (κ3) is 4.74. The molecule has 0 aliphatic heterocycles. The van der Waals surface area contributed by atoms with Gasteiger partial charge >= 0.3 is 0 Å². The number of allylic oxidation sites excluding steroid dienone is 6. The van der Waals surface area contributed by atoms with Gasteiger partial charge in [-0.2, -0.15) is 0 Å². The first-order valence-electron chi connectivity index (χ1n) is 13.5. The van der Waals surface area contributed by atoms with E-state index in [2.05, 4.69) is 6.08 Å². The van der Waals surface area contributed by atoms with Crippen molar-refractivity contribution in [2.45, 2.75) is 87.2 Å². The Morgan fingerprint density at radius 3 is 1.97 bits per heavy atom. The lowest BCUT2D eigenvalue weighted by molar-refractivity contribution is -0.191. The average molecular weight is 505 g/mol. The fourth-order valence-corrected chi connectivity index (χ4v) is 6.60. The highest BCUT2D eigenvalue weighted by Crippen LogP contribution is 2.66. The summed E-state index contributed by atoms with van der Waals surface area (Å²) >= 11 is 0. The van der Waals surface area contributed by atoms with Crippen LogP contribution < -0.4 is 0 Å². The van der Waals surface area contributed by atoms with E-state index in [1.54, 1.807) is 24.3 Å². The van der Waals surface area contributed by atoms with Crippen LogP contribution in [0.15, 0.2) is 65.3 Å². The molecule has 5 atom stereocenters. The summed E-state index contributed by atoms with van der Waals surface area (Å²) in [6, 6.07) is 8.75. The van der Waals surface area contributed by atoms with E-state index in [1.165, 1.54) is 0 Å². The number of aliphatic hydroxyl groups is 1. The number of ketones is 3. The van der Waals surface area contributed by atoms with E-state index in [1.807, 2.05) is 73.6 Å². The maximum absolute atomic E-state index is 14.8. The van der Waals surface area contributed by atoms with Gasteiger partial charge in [0, 0.05) is 11.5 Å². The molecular weight excluding hydrogens is 460 g/mol. The molecule has 1 aromatic rings. The van der Waals surface area contributed by atoms with Crippen molar-refractivity contribution in [3.8, 4) is 0 Å². The Bertz CT molecular complexity index is 1140. The molecular formula is C33H44O4. The van der Waals surface area contributed by atoms with E-state index >= 15 is 0 Å². The standard InChI is InChI=1S/C33H44O4/c1-21(2)14-16-25-20-32(19-18-23(5)6)28(35)26(17-15-22(3)4)29(36)33(30(32)37,31(25,7)8)27(34)24-12-10-9-11-13-24/h9-15,18,25-26,28,35H,16-17,19-20H2,1-8H3/t25-,26?,28-,32+,33-/m0/s1. The smallest absolute Gasteiger partial charge is 0.184 e. The van der Waals surface area contributed by atoms with Crippen LogP contribution in [0.4, 0.5) is 0 Å². The maximum Gasteiger partial charge on any atom is 0.184 e. The van der Waals surface area contributed by atoms with Crippen LogP contribution in [0.3, 0.4) is 0 Å². The van der Waals surface area contributed by atoms with Gasteiger partial charge in [-0.05, 0) is 78.6 Å². The minimum atomic E-state index is -1.86. The number of fused-ring (bicyclic) bond motifs is 2. The lowest BCUT2D eigenvalue weighted by Gasteiger charge is -2.62. The Kier molecular flexibility index (Phi) is 8.34. The predicted molar refractivity (Wildman–Crippen MR) is 149 cm³/mol. The normalized spacial score (nSPS) is 30.4. The van der Waals surface area contributed by atoms with E-state index in [-0.39, 0.29) is 5.92 Å². The Balaban J connectivity index is 2.39. The summed E-state index contributed by atoms with van der Waals surface area (Å²) in [6.07, 6.45) is 6.62. The SMILES string of the molecule is CC(C)=CCC1C(=O)[C@@]2(C(=O)c3ccccc3)C(=O)[C@](CC=C(C)C)(C[C@H](CC=C(C)C)C2(C)C)[C@H]1O. The zero-order valence-electron chi connectivity index (χ0n) is 23.9. The minimum Gasteiger partial charge on any atom is -0.391 e. The predicted octanol–water partition coefficient (Wildman–Crippen LogP) is 7.09. The first-order valence-corrected chi connectivity index (χ1v) is 13.5. The van der Waals surface area contributed by atoms with Crippen LogP contribution in [0, 0.1) is 28.1 Å².